The normalized spacial score (nSPS) is 11.0. The lowest BCUT2D eigenvalue weighted by Gasteiger charge is -1.99. The molecule has 2 aromatic heterocycles. The van der Waals surface area contributed by atoms with Crippen LogP contribution in [0.2, 0.25) is 5.02 Å². The van der Waals surface area contributed by atoms with Crippen LogP contribution < -0.4 is 5.73 Å². The highest BCUT2D eigenvalue weighted by Gasteiger charge is 2.08. The first-order chi connectivity index (χ1) is 8.78. The molecule has 0 spiro atoms. The topological polar surface area (TPSA) is 38.9 Å². The van der Waals surface area contributed by atoms with Gasteiger partial charge in [-0.3, -0.25) is 4.98 Å². The quantitative estimate of drug-likeness (QED) is 0.765. The van der Waals surface area contributed by atoms with Gasteiger partial charge in [0, 0.05) is 12.7 Å². The molecule has 90 valence electrons. The van der Waals surface area contributed by atoms with Crippen LogP contribution in [-0.2, 0) is 6.54 Å². The van der Waals surface area contributed by atoms with Crippen molar-refractivity contribution in [3.63, 3.8) is 0 Å². The molecule has 2 N–H and O–H groups in total. The zero-order chi connectivity index (χ0) is 12.5. The van der Waals surface area contributed by atoms with E-state index in [1.54, 1.807) is 17.5 Å². The number of fused-ring (bicyclic) bond motifs is 1. The highest BCUT2D eigenvalue weighted by molar-refractivity contribution is 7.22. The van der Waals surface area contributed by atoms with Crippen LogP contribution in [0.5, 0.6) is 0 Å². The van der Waals surface area contributed by atoms with Crippen LogP contribution in [0.15, 0.2) is 42.6 Å². The van der Waals surface area contributed by atoms with Gasteiger partial charge in [0.1, 0.15) is 0 Å². The Bertz CT molecular complexity index is 706. The molecule has 0 bridgehead atoms. The minimum atomic E-state index is 0.529. The Kier molecular flexibility index (Phi) is 3.04. The lowest BCUT2D eigenvalue weighted by molar-refractivity contribution is 1.06. The van der Waals surface area contributed by atoms with Crippen molar-refractivity contribution in [3.05, 3.63) is 53.2 Å². The molecule has 0 fully saturated rings. The molecule has 3 aromatic rings. The third kappa shape index (κ3) is 2.01. The number of hydrogen-bond donors (Lipinski definition) is 1. The smallest absolute Gasteiger partial charge is 0.0805 e. The average molecular weight is 275 g/mol. The summed E-state index contributed by atoms with van der Waals surface area (Å²) < 4.78 is 1.11. The third-order valence-electron chi connectivity index (χ3n) is 2.81. The van der Waals surface area contributed by atoms with E-state index in [1.807, 2.05) is 24.3 Å². The molecule has 0 radical (unpaired) electrons. The summed E-state index contributed by atoms with van der Waals surface area (Å²) in [5.41, 5.74) is 7.69. The van der Waals surface area contributed by atoms with E-state index in [0.29, 0.717) is 6.54 Å². The molecular weight excluding hydrogens is 264 g/mol. The number of halogens is 1. The van der Waals surface area contributed by atoms with Gasteiger partial charge >= 0.3 is 0 Å². The van der Waals surface area contributed by atoms with Gasteiger partial charge in [-0.05, 0) is 35.2 Å². The summed E-state index contributed by atoms with van der Waals surface area (Å²) in [5, 5.41) is 1.95. The summed E-state index contributed by atoms with van der Waals surface area (Å²) in [4.78, 5) is 5.51. The number of rotatable bonds is 2. The maximum Gasteiger partial charge on any atom is 0.0805 e. The van der Waals surface area contributed by atoms with Crippen LogP contribution in [0.4, 0.5) is 0 Å². The molecule has 3 rings (SSSR count). The lowest BCUT2D eigenvalue weighted by atomic mass is 10.2. The SMILES string of the molecule is NCc1ccnc(-c2cc3cccc(Cl)c3s2)c1. The second-order valence-corrected chi connectivity index (χ2v) is 5.48. The van der Waals surface area contributed by atoms with E-state index in [0.717, 1.165) is 31.2 Å². The fourth-order valence-corrected chi connectivity index (χ4v) is 3.22. The Morgan fingerprint density at radius 3 is 2.89 bits per heavy atom. The monoisotopic (exact) mass is 274 g/mol. The fourth-order valence-electron chi connectivity index (χ4n) is 1.89. The number of hydrogen-bond acceptors (Lipinski definition) is 3. The molecule has 0 atom stereocenters. The Morgan fingerprint density at radius 2 is 2.11 bits per heavy atom. The Labute approximate surface area is 114 Å². The average Bonchev–Trinajstić information content (AvgIpc) is 2.84. The summed E-state index contributed by atoms with van der Waals surface area (Å²) in [6.07, 6.45) is 1.80. The second kappa shape index (κ2) is 4.69. The standard InChI is InChI=1S/C14H11ClN2S/c15-11-3-1-2-10-7-13(18-14(10)11)12-6-9(8-16)4-5-17-12/h1-7H,8,16H2. The van der Waals surface area contributed by atoms with E-state index in [2.05, 4.69) is 17.1 Å². The van der Waals surface area contributed by atoms with Crippen LogP contribution in [-0.4, -0.2) is 4.98 Å². The molecule has 2 heterocycles. The molecule has 0 aliphatic carbocycles. The fraction of sp³-hybridized carbons (Fsp3) is 0.0714. The number of aromatic nitrogens is 1. The molecule has 0 saturated carbocycles. The van der Waals surface area contributed by atoms with E-state index in [9.17, 15) is 0 Å². The molecule has 18 heavy (non-hydrogen) atoms. The highest BCUT2D eigenvalue weighted by Crippen LogP contribution is 2.36. The summed E-state index contributed by atoms with van der Waals surface area (Å²) in [5.74, 6) is 0. The molecule has 4 heteroatoms. The Hall–Kier alpha value is -1.42. The van der Waals surface area contributed by atoms with E-state index in [1.165, 1.54) is 0 Å². The molecule has 2 nitrogen and oxygen atoms in total. The van der Waals surface area contributed by atoms with Gasteiger partial charge in [0.25, 0.3) is 0 Å². The highest BCUT2D eigenvalue weighted by atomic mass is 35.5. The number of benzene rings is 1. The predicted molar refractivity (Wildman–Crippen MR) is 78.0 cm³/mol. The van der Waals surface area contributed by atoms with Crippen molar-refractivity contribution in [2.75, 3.05) is 0 Å². The predicted octanol–water partition coefficient (Wildman–Crippen LogP) is 4.08. The molecule has 0 amide bonds. The van der Waals surface area contributed by atoms with Crippen LogP contribution in [0, 0.1) is 0 Å². The van der Waals surface area contributed by atoms with Crippen molar-refractivity contribution in [2.45, 2.75) is 6.54 Å². The summed E-state index contributed by atoms with van der Waals surface area (Å²) >= 11 is 7.85. The number of nitrogens with two attached hydrogens (primary N) is 1. The van der Waals surface area contributed by atoms with Gasteiger partial charge in [0.15, 0.2) is 0 Å². The zero-order valence-electron chi connectivity index (χ0n) is 9.56. The van der Waals surface area contributed by atoms with E-state index in [4.69, 9.17) is 17.3 Å². The van der Waals surface area contributed by atoms with E-state index >= 15 is 0 Å². The first-order valence-corrected chi connectivity index (χ1v) is 6.81. The largest absolute Gasteiger partial charge is 0.326 e. The second-order valence-electron chi connectivity index (χ2n) is 4.02. The molecule has 1 aromatic carbocycles. The van der Waals surface area contributed by atoms with Gasteiger partial charge in [-0.2, -0.15) is 0 Å². The maximum atomic E-state index is 6.19. The van der Waals surface area contributed by atoms with Gasteiger partial charge in [-0.25, -0.2) is 0 Å². The number of thiophene rings is 1. The van der Waals surface area contributed by atoms with E-state index in [-0.39, 0.29) is 0 Å². The summed E-state index contributed by atoms with van der Waals surface area (Å²) in [6.45, 7) is 0.529. The third-order valence-corrected chi connectivity index (χ3v) is 4.44. The van der Waals surface area contributed by atoms with Crippen LogP contribution >= 0.6 is 22.9 Å². The molecule has 0 saturated heterocycles. The van der Waals surface area contributed by atoms with Crippen molar-refractivity contribution in [1.29, 1.82) is 0 Å². The molecule has 0 aliphatic rings. The van der Waals surface area contributed by atoms with Gasteiger partial charge in [0.05, 0.1) is 20.3 Å². The van der Waals surface area contributed by atoms with Crippen molar-refractivity contribution in [2.24, 2.45) is 5.73 Å². The van der Waals surface area contributed by atoms with Gasteiger partial charge in [0.2, 0.25) is 0 Å². The van der Waals surface area contributed by atoms with E-state index < -0.39 is 0 Å². The van der Waals surface area contributed by atoms with Gasteiger partial charge < -0.3 is 5.73 Å². The summed E-state index contributed by atoms with van der Waals surface area (Å²) in [7, 11) is 0. The van der Waals surface area contributed by atoms with Gasteiger partial charge in [-0.1, -0.05) is 23.7 Å². The first-order valence-electron chi connectivity index (χ1n) is 5.61. The minimum absolute atomic E-state index is 0.529. The summed E-state index contributed by atoms with van der Waals surface area (Å²) in [6, 6.07) is 12.0. The van der Waals surface area contributed by atoms with Crippen molar-refractivity contribution in [1.82, 2.24) is 4.98 Å². The van der Waals surface area contributed by atoms with Crippen LogP contribution in [0.1, 0.15) is 5.56 Å². The molecular formula is C14H11ClN2S. The minimum Gasteiger partial charge on any atom is -0.326 e. The lowest BCUT2D eigenvalue weighted by Crippen LogP contribution is -1.96. The van der Waals surface area contributed by atoms with Crippen LogP contribution in [0.3, 0.4) is 0 Å². The zero-order valence-corrected chi connectivity index (χ0v) is 11.1. The van der Waals surface area contributed by atoms with Crippen molar-refractivity contribution < 1.29 is 0 Å². The number of nitrogens with zero attached hydrogens (tertiary/aromatic N) is 1. The molecule has 0 unspecified atom stereocenters. The Morgan fingerprint density at radius 1 is 1.22 bits per heavy atom. The molecule has 0 aliphatic heterocycles. The Balaban J connectivity index is 2.16. The maximum absolute atomic E-state index is 6.19. The number of pyridine rings is 1. The first kappa shape index (κ1) is 11.7. The van der Waals surface area contributed by atoms with Crippen molar-refractivity contribution in [3.8, 4) is 10.6 Å². The van der Waals surface area contributed by atoms with Gasteiger partial charge in [-0.15, -0.1) is 11.3 Å². The van der Waals surface area contributed by atoms with Crippen LogP contribution in [0.25, 0.3) is 20.7 Å². The van der Waals surface area contributed by atoms with Crippen molar-refractivity contribution >= 4 is 33.0 Å².